The van der Waals surface area contributed by atoms with Gasteiger partial charge in [-0.2, -0.15) is 0 Å². The quantitative estimate of drug-likeness (QED) is 0.0247. The van der Waals surface area contributed by atoms with Crippen LogP contribution in [0.3, 0.4) is 0 Å². The van der Waals surface area contributed by atoms with Crippen LogP contribution in [0.15, 0.2) is 97.2 Å². The fourth-order valence-corrected chi connectivity index (χ4v) is 6.44. The summed E-state index contributed by atoms with van der Waals surface area (Å²) < 4.78 is 23.5. The van der Waals surface area contributed by atoms with E-state index in [0.29, 0.717) is 17.4 Å². The monoisotopic (exact) mass is 830 g/mol. The van der Waals surface area contributed by atoms with E-state index in [4.69, 9.17) is 9.05 Å². The van der Waals surface area contributed by atoms with Gasteiger partial charge in [-0.25, -0.2) is 4.57 Å². The molecule has 58 heavy (non-hydrogen) atoms. The molecule has 0 rings (SSSR count). The normalized spacial score (nSPS) is 15.2. The third-order valence-electron chi connectivity index (χ3n) is 9.29. The second-order valence-corrected chi connectivity index (χ2v) is 17.5. The number of quaternary nitrogens is 1. The van der Waals surface area contributed by atoms with E-state index in [9.17, 15) is 19.4 Å². The fourth-order valence-electron chi connectivity index (χ4n) is 5.70. The second kappa shape index (κ2) is 39.9. The molecule has 0 heterocycles. The van der Waals surface area contributed by atoms with Crippen LogP contribution in [0.25, 0.3) is 0 Å². The molecule has 0 bridgehead atoms. The van der Waals surface area contributed by atoms with Gasteiger partial charge in [0.25, 0.3) is 0 Å². The molecule has 0 aliphatic heterocycles. The molecule has 0 saturated carbocycles. The molecule has 3 unspecified atom stereocenters. The first-order valence-electron chi connectivity index (χ1n) is 22.6. The molecule has 0 aliphatic carbocycles. The molecule has 0 aromatic carbocycles. The molecule has 3 atom stereocenters. The third kappa shape index (κ3) is 41.6. The van der Waals surface area contributed by atoms with Crippen molar-refractivity contribution in [3.8, 4) is 0 Å². The van der Waals surface area contributed by atoms with E-state index < -0.39 is 20.0 Å². The SMILES string of the molecule is CC/C=C\C/C=C\C/C=C\C/C=C\C/C=C\C/C=C\CCCCCCCCCCC(=O)NC(COP(=O)(O)OCC[N+](C)(C)C)C(O)/C=C/CC/C=C/CCCCC. The van der Waals surface area contributed by atoms with Crippen molar-refractivity contribution in [3.05, 3.63) is 97.2 Å². The Balaban J connectivity index is 4.26. The van der Waals surface area contributed by atoms with E-state index in [0.717, 1.165) is 89.9 Å². The van der Waals surface area contributed by atoms with E-state index >= 15 is 0 Å². The first-order valence-corrected chi connectivity index (χ1v) is 24.1. The van der Waals surface area contributed by atoms with E-state index in [2.05, 4.69) is 104 Å². The zero-order valence-electron chi connectivity index (χ0n) is 37.5. The molecule has 0 fully saturated rings. The number of phosphoric acid groups is 1. The Morgan fingerprint density at radius 3 is 1.59 bits per heavy atom. The number of hydrogen-bond donors (Lipinski definition) is 3. The minimum absolute atomic E-state index is 0.0487. The van der Waals surface area contributed by atoms with Crippen LogP contribution >= 0.6 is 7.82 Å². The molecule has 0 aromatic heterocycles. The van der Waals surface area contributed by atoms with Crippen molar-refractivity contribution in [2.24, 2.45) is 0 Å². The minimum atomic E-state index is -4.35. The molecule has 3 N–H and O–H groups in total. The Bertz CT molecular complexity index is 1260. The Hall–Kier alpha value is -2.58. The summed E-state index contributed by atoms with van der Waals surface area (Å²) in [5.74, 6) is -0.204. The zero-order valence-corrected chi connectivity index (χ0v) is 38.4. The largest absolute Gasteiger partial charge is 0.472 e. The number of amides is 1. The number of nitrogens with one attached hydrogen (secondary N) is 1. The molecule has 0 aromatic rings. The highest BCUT2D eigenvalue weighted by molar-refractivity contribution is 7.47. The number of unbranched alkanes of at least 4 members (excludes halogenated alkanes) is 12. The average Bonchev–Trinajstić information content (AvgIpc) is 3.17. The van der Waals surface area contributed by atoms with Crippen molar-refractivity contribution in [2.45, 2.75) is 167 Å². The lowest BCUT2D eigenvalue weighted by Crippen LogP contribution is -2.45. The molecule has 0 aliphatic rings. The number of carbonyl (C=O) groups excluding carboxylic acids is 1. The van der Waals surface area contributed by atoms with Gasteiger partial charge in [0.15, 0.2) is 0 Å². The summed E-state index contributed by atoms with van der Waals surface area (Å²) in [4.78, 5) is 23.1. The summed E-state index contributed by atoms with van der Waals surface area (Å²) in [7, 11) is 1.53. The van der Waals surface area contributed by atoms with Crippen LogP contribution in [0, 0.1) is 0 Å². The highest BCUT2D eigenvalue weighted by Crippen LogP contribution is 2.43. The Kier molecular flexibility index (Phi) is 38.1. The Morgan fingerprint density at radius 2 is 1.05 bits per heavy atom. The predicted octanol–water partition coefficient (Wildman–Crippen LogP) is 12.7. The molecular weight excluding hydrogens is 744 g/mol. The zero-order chi connectivity index (χ0) is 42.8. The molecule has 332 valence electrons. The summed E-state index contributed by atoms with van der Waals surface area (Å²) >= 11 is 0. The number of carbonyl (C=O) groups is 1. The van der Waals surface area contributed by atoms with Gasteiger partial charge in [-0.15, -0.1) is 0 Å². The van der Waals surface area contributed by atoms with Crippen molar-refractivity contribution in [2.75, 3.05) is 40.9 Å². The van der Waals surface area contributed by atoms with Crippen LogP contribution in [0.1, 0.15) is 155 Å². The van der Waals surface area contributed by atoms with Gasteiger partial charge in [0.05, 0.1) is 39.9 Å². The van der Waals surface area contributed by atoms with Crippen molar-refractivity contribution in [1.29, 1.82) is 0 Å². The lowest BCUT2D eigenvalue weighted by Gasteiger charge is -2.25. The third-order valence-corrected chi connectivity index (χ3v) is 10.3. The number of hydrogen-bond acceptors (Lipinski definition) is 5. The maximum atomic E-state index is 12.8. The number of phosphoric ester groups is 1. The summed E-state index contributed by atoms with van der Waals surface area (Å²) in [6.45, 7) is 4.58. The van der Waals surface area contributed by atoms with Crippen molar-refractivity contribution in [3.63, 3.8) is 0 Å². The van der Waals surface area contributed by atoms with E-state index in [-0.39, 0.29) is 19.1 Å². The summed E-state index contributed by atoms with van der Waals surface area (Å²) in [5, 5.41) is 13.7. The summed E-state index contributed by atoms with van der Waals surface area (Å²) in [5.41, 5.74) is 0. The van der Waals surface area contributed by atoms with Crippen LogP contribution in [-0.2, 0) is 18.4 Å². The molecule has 0 spiro atoms. The van der Waals surface area contributed by atoms with Crippen LogP contribution in [0.5, 0.6) is 0 Å². The van der Waals surface area contributed by atoms with Crippen LogP contribution in [0.4, 0.5) is 0 Å². The van der Waals surface area contributed by atoms with Crippen LogP contribution < -0.4 is 5.32 Å². The summed E-state index contributed by atoms with van der Waals surface area (Å²) in [6.07, 6.45) is 56.4. The van der Waals surface area contributed by atoms with Crippen molar-refractivity contribution >= 4 is 13.7 Å². The van der Waals surface area contributed by atoms with Gasteiger partial charge in [0.1, 0.15) is 13.2 Å². The van der Waals surface area contributed by atoms with Crippen molar-refractivity contribution in [1.82, 2.24) is 5.32 Å². The van der Waals surface area contributed by atoms with Crippen molar-refractivity contribution < 1.29 is 32.9 Å². The highest BCUT2D eigenvalue weighted by atomic mass is 31.2. The Labute approximate surface area is 356 Å². The predicted molar refractivity (Wildman–Crippen MR) is 249 cm³/mol. The molecule has 0 radical (unpaired) electrons. The molecule has 8 nitrogen and oxygen atoms in total. The smallest absolute Gasteiger partial charge is 0.387 e. The Morgan fingerprint density at radius 1 is 0.603 bits per heavy atom. The lowest BCUT2D eigenvalue weighted by molar-refractivity contribution is -0.870. The number of aliphatic hydroxyl groups excluding tert-OH is 1. The van der Waals surface area contributed by atoms with Gasteiger partial charge in [0, 0.05) is 6.42 Å². The maximum Gasteiger partial charge on any atom is 0.472 e. The molecular formula is C49H86N2O6P+. The topological polar surface area (TPSA) is 105 Å². The van der Waals surface area contributed by atoms with Gasteiger partial charge in [-0.05, 0) is 83.5 Å². The average molecular weight is 830 g/mol. The fraction of sp³-hybridized carbons (Fsp3) is 0.653. The standard InChI is InChI=1S/C49H85N2O6P/c1-6-8-10-12-14-16-17-18-19-20-21-22-23-24-25-26-27-28-29-30-31-32-33-35-37-39-41-43-49(53)50-47(46-57-58(54,55)56-45-44-51(3,4)5)48(52)42-40-38-36-34-15-13-11-9-7-2/h8,10,14-16,18-19,21-22,24-25,27-28,34,40,42,47-48,52H,6-7,9,11-13,17,20,23,26,29-33,35-39,41,43-46H2,1-5H3,(H-,50,53,54,55)/p+1/b10-8-,16-14-,19-18-,22-21-,25-24-,28-27-,34-15+,42-40+. The van der Waals surface area contributed by atoms with Crippen LogP contribution in [-0.4, -0.2) is 73.4 Å². The maximum absolute atomic E-state index is 12.8. The van der Waals surface area contributed by atoms with Gasteiger partial charge in [-0.1, -0.05) is 162 Å². The first kappa shape index (κ1) is 55.4. The number of allylic oxidation sites excluding steroid dienone is 15. The number of rotatable bonds is 39. The van der Waals surface area contributed by atoms with Gasteiger partial charge >= 0.3 is 7.82 Å². The first-order chi connectivity index (χ1) is 28.0. The van der Waals surface area contributed by atoms with Gasteiger partial charge < -0.3 is 19.8 Å². The van der Waals surface area contributed by atoms with E-state index in [1.54, 1.807) is 6.08 Å². The van der Waals surface area contributed by atoms with Gasteiger partial charge in [-0.3, -0.25) is 13.8 Å². The molecule has 1 amide bonds. The summed E-state index contributed by atoms with van der Waals surface area (Å²) in [6, 6.07) is -0.872. The number of likely N-dealkylation sites (N-methyl/N-ethyl adjacent to an activating group) is 1. The lowest BCUT2D eigenvalue weighted by atomic mass is 10.1. The highest BCUT2D eigenvalue weighted by Gasteiger charge is 2.27. The molecule has 9 heteroatoms. The van der Waals surface area contributed by atoms with E-state index in [1.165, 1.54) is 44.9 Å². The number of nitrogens with zero attached hydrogens (tertiary/aromatic N) is 1. The second-order valence-electron chi connectivity index (χ2n) is 16.0. The molecule has 0 saturated heterocycles. The van der Waals surface area contributed by atoms with Crippen LogP contribution in [0.2, 0.25) is 0 Å². The van der Waals surface area contributed by atoms with Gasteiger partial charge in [0.2, 0.25) is 5.91 Å². The number of aliphatic hydroxyl groups is 1. The minimum Gasteiger partial charge on any atom is -0.387 e. The van der Waals surface area contributed by atoms with E-state index in [1.807, 2.05) is 27.2 Å².